The molecule has 1 aromatic heterocycles. The molecular weight excluding hydrogens is 178 g/mol. The number of rotatable bonds is 7. The molecule has 0 aliphatic rings. The Kier molecular flexibility index (Phi) is 5.25. The van der Waals surface area contributed by atoms with Crippen LogP contribution in [0.15, 0.2) is 12.3 Å². The maximum atomic E-state index is 8.59. The molecule has 80 valence electrons. The molecule has 0 radical (unpaired) electrons. The van der Waals surface area contributed by atoms with Crippen LogP contribution in [0.1, 0.15) is 25.5 Å². The molecule has 0 saturated heterocycles. The Hall–Kier alpha value is -0.870. The van der Waals surface area contributed by atoms with Crippen molar-refractivity contribution in [2.24, 2.45) is 0 Å². The highest BCUT2D eigenvalue weighted by Crippen LogP contribution is 1.97. The van der Waals surface area contributed by atoms with E-state index < -0.39 is 0 Å². The first-order valence-corrected chi connectivity index (χ1v) is 5.20. The maximum absolute atomic E-state index is 8.59. The lowest BCUT2D eigenvalue weighted by Crippen LogP contribution is -2.17. The summed E-state index contributed by atoms with van der Waals surface area (Å²) in [5.74, 6) is 0. The van der Waals surface area contributed by atoms with Gasteiger partial charge >= 0.3 is 0 Å². The van der Waals surface area contributed by atoms with Gasteiger partial charge in [0.25, 0.3) is 0 Å². The molecule has 0 atom stereocenters. The molecule has 14 heavy (non-hydrogen) atoms. The van der Waals surface area contributed by atoms with Crippen LogP contribution < -0.4 is 5.32 Å². The summed E-state index contributed by atoms with van der Waals surface area (Å²) in [6.45, 7) is 5.10. The molecule has 0 aliphatic heterocycles. The van der Waals surface area contributed by atoms with Gasteiger partial charge in [0.15, 0.2) is 0 Å². The van der Waals surface area contributed by atoms with Gasteiger partial charge < -0.3 is 10.4 Å². The Balaban J connectivity index is 2.17. The molecule has 0 saturated carbocycles. The van der Waals surface area contributed by atoms with Crippen LogP contribution in [0.4, 0.5) is 0 Å². The maximum Gasteiger partial charge on any atom is 0.0521 e. The summed E-state index contributed by atoms with van der Waals surface area (Å²) in [4.78, 5) is 0. The number of aryl methyl sites for hydroxylation is 1. The zero-order valence-electron chi connectivity index (χ0n) is 8.74. The van der Waals surface area contributed by atoms with Crippen LogP contribution in [-0.4, -0.2) is 28.0 Å². The van der Waals surface area contributed by atoms with Crippen molar-refractivity contribution in [1.29, 1.82) is 0 Å². The molecule has 2 N–H and O–H groups in total. The highest BCUT2D eigenvalue weighted by molar-refractivity contribution is 4.99. The zero-order chi connectivity index (χ0) is 10.2. The second-order valence-corrected chi connectivity index (χ2v) is 3.25. The second kappa shape index (κ2) is 6.56. The average molecular weight is 197 g/mol. The van der Waals surface area contributed by atoms with E-state index in [1.54, 1.807) is 0 Å². The summed E-state index contributed by atoms with van der Waals surface area (Å²) in [6, 6.07) is 2.03. The van der Waals surface area contributed by atoms with Crippen molar-refractivity contribution in [1.82, 2.24) is 15.1 Å². The smallest absolute Gasteiger partial charge is 0.0521 e. The number of aromatic nitrogens is 2. The van der Waals surface area contributed by atoms with E-state index in [1.165, 1.54) is 5.69 Å². The quantitative estimate of drug-likeness (QED) is 0.635. The zero-order valence-corrected chi connectivity index (χ0v) is 8.74. The van der Waals surface area contributed by atoms with Gasteiger partial charge in [0, 0.05) is 25.9 Å². The van der Waals surface area contributed by atoms with Crippen LogP contribution in [0.5, 0.6) is 0 Å². The van der Waals surface area contributed by atoms with Crippen LogP contribution in [0.2, 0.25) is 0 Å². The molecule has 1 rings (SSSR count). The highest BCUT2D eigenvalue weighted by atomic mass is 16.2. The van der Waals surface area contributed by atoms with Crippen LogP contribution in [0.25, 0.3) is 0 Å². The molecule has 4 heteroatoms. The molecule has 1 aromatic rings. The van der Waals surface area contributed by atoms with Gasteiger partial charge in [0.05, 0.1) is 5.69 Å². The van der Waals surface area contributed by atoms with Crippen molar-refractivity contribution in [3.8, 4) is 0 Å². The predicted octanol–water partition coefficient (Wildman–Crippen LogP) is 0.765. The van der Waals surface area contributed by atoms with Crippen molar-refractivity contribution in [2.45, 2.75) is 32.9 Å². The third-order valence-electron chi connectivity index (χ3n) is 2.17. The van der Waals surface area contributed by atoms with Crippen molar-refractivity contribution in [3.05, 3.63) is 18.0 Å². The summed E-state index contributed by atoms with van der Waals surface area (Å²) in [6.07, 6.45) is 3.73. The Morgan fingerprint density at radius 2 is 2.36 bits per heavy atom. The summed E-state index contributed by atoms with van der Waals surface area (Å²) < 4.78 is 1.99. The number of nitrogens with one attached hydrogen (secondary N) is 1. The minimum absolute atomic E-state index is 0.286. The topological polar surface area (TPSA) is 50.1 Å². The molecule has 4 nitrogen and oxygen atoms in total. The van der Waals surface area contributed by atoms with Gasteiger partial charge in [-0.1, -0.05) is 0 Å². The fourth-order valence-corrected chi connectivity index (χ4v) is 1.37. The van der Waals surface area contributed by atoms with Crippen molar-refractivity contribution in [3.63, 3.8) is 0 Å². The Morgan fingerprint density at radius 3 is 3.07 bits per heavy atom. The number of hydrogen-bond acceptors (Lipinski definition) is 3. The first-order valence-electron chi connectivity index (χ1n) is 5.20. The Morgan fingerprint density at radius 1 is 1.50 bits per heavy atom. The van der Waals surface area contributed by atoms with Gasteiger partial charge in [0.2, 0.25) is 0 Å². The Labute approximate surface area is 84.9 Å². The molecule has 0 fully saturated rings. The minimum atomic E-state index is 0.286. The van der Waals surface area contributed by atoms with Crippen LogP contribution in [-0.2, 0) is 13.1 Å². The van der Waals surface area contributed by atoms with Gasteiger partial charge in [0.1, 0.15) is 0 Å². The lowest BCUT2D eigenvalue weighted by molar-refractivity contribution is 0.283. The summed E-state index contributed by atoms with van der Waals surface area (Å²) >= 11 is 0. The normalized spacial score (nSPS) is 10.7. The summed E-state index contributed by atoms with van der Waals surface area (Å²) in [5, 5.41) is 16.1. The van der Waals surface area contributed by atoms with Crippen LogP contribution in [0.3, 0.4) is 0 Å². The van der Waals surface area contributed by atoms with E-state index >= 15 is 0 Å². The fraction of sp³-hybridized carbons (Fsp3) is 0.700. The number of aliphatic hydroxyl groups excluding tert-OH is 1. The highest BCUT2D eigenvalue weighted by Gasteiger charge is 1.98. The number of unbranched alkanes of at least 4 members (excludes halogenated alkanes) is 1. The summed E-state index contributed by atoms with van der Waals surface area (Å²) in [5.41, 5.74) is 1.22. The first kappa shape index (κ1) is 11.2. The molecular formula is C10H19N3O. The minimum Gasteiger partial charge on any atom is -0.396 e. The lowest BCUT2D eigenvalue weighted by Gasteiger charge is -2.05. The molecule has 0 aliphatic carbocycles. The summed E-state index contributed by atoms with van der Waals surface area (Å²) in [7, 11) is 0. The number of nitrogens with zero attached hydrogens (tertiary/aromatic N) is 2. The third kappa shape index (κ3) is 3.47. The Bertz CT molecular complexity index is 247. The monoisotopic (exact) mass is 197 g/mol. The van der Waals surface area contributed by atoms with E-state index in [0.29, 0.717) is 0 Å². The van der Waals surface area contributed by atoms with Gasteiger partial charge in [-0.3, -0.25) is 4.68 Å². The molecule has 0 bridgehead atoms. The molecule has 0 spiro atoms. The molecule has 0 amide bonds. The van der Waals surface area contributed by atoms with Crippen molar-refractivity contribution < 1.29 is 5.11 Å². The first-order chi connectivity index (χ1) is 6.88. The lowest BCUT2D eigenvalue weighted by atomic mass is 10.3. The van der Waals surface area contributed by atoms with Gasteiger partial charge in [-0.05, 0) is 32.4 Å². The van der Waals surface area contributed by atoms with Gasteiger partial charge in [-0.25, -0.2) is 0 Å². The fourth-order valence-electron chi connectivity index (χ4n) is 1.37. The van der Waals surface area contributed by atoms with Gasteiger partial charge in [-0.2, -0.15) is 5.10 Å². The van der Waals surface area contributed by atoms with E-state index in [4.69, 9.17) is 5.11 Å². The van der Waals surface area contributed by atoms with E-state index in [-0.39, 0.29) is 6.61 Å². The number of hydrogen-bond donors (Lipinski definition) is 2. The van der Waals surface area contributed by atoms with Gasteiger partial charge in [-0.15, -0.1) is 0 Å². The standard InChI is InChI=1S/C10H19N3O/c1-2-13-10(5-7-12-13)9-11-6-3-4-8-14/h5,7,11,14H,2-4,6,8-9H2,1H3. The van der Waals surface area contributed by atoms with E-state index in [9.17, 15) is 0 Å². The SMILES string of the molecule is CCn1nccc1CNCCCCO. The van der Waals surface area contributed by atoms with Crippen molar-refractivity contribution in [2.75, 3.05) is 13.2 Å². The largest absolute Gasteiger partial charge is 0.396 e. The van der Waals surface area contributed by atoms with E-state index in [2.05, 4.69) is 17.3 Å². The second-order valence-electron chi connectivity index (χ2n) is 3.25. The molecule has 0 aromatic carbocycles. The predicted molar refractivity (Wildman–Crippen MR) is 55.9 cm³/mol. The molecule has 1 heterocycles. The average Bonchev–Trinajstić information content (AvgIpc) is 2.65. The van der Waals surface area contributed by atoms with E-state index in [0.717, 1.165) is 32.5 Å². The van der Waals surface area contributed by atoms with Crippen LogP contribution >= 0.6 is 0 Å². The third-order valence-corrected chi connectivity index (χ3v) is 2.17. The van der Waals surface area contributed by atoms with E-state index in [1.807, 2.05) is 16.9 Å². The molecule has 0 unspecified atom stereocenters. The number of aliphatic hydroxyl groups is 1. The van der Waals surface area contributed by atoms with Crippen molar-refractivity contribution >= 4 is 0 Å². The van der Waals surface area contributed by atoms with Crippen LogP contribution in [0, 0.1) is 0 Å².